The fraction of sp³-hybridized carbons (Fsp3) is 1.00. The first-order chi connectivity index (χ1) is 21.0. The lowest BCUT2D eigenvalue weighted by molar-refractivity contribution is -0.891. The largest absolute Gasteiger partial charge is 1.00 e. The minimum atomic E-state index is -0.0958. The van der Waals surface area contributed by atoms with Gasteiger partial charge < -0.3 is 58.8 Å². The first-order valence-electron chi connectivity index (χ1n) is 19.4. The van der Waals surface area contributed by atoms with Gasteiger partial charge in [0.2, 0.25) is 0 Å². The van der Waals surface area contributed by atoms with Crippen LogP contribution in [-0.4, -0.2) is 69.4 Å². The van der Waals surface area contributed by atoms with Gasteiger partial charge in [-0.1, -0.05) is 162 Å². The maximum atomic E-state index is 9.36. The zero-order valence-corrected chi connectivity index (χ0v) is 34.6. The van der Waals surface area contributed by atoms with E-state index >= 15 is 0 Å². The van der Waals surface area contributed by atoms with Crippen molar-refractivity contribution in [2.75, 3.05) is 53.6 Å². The number of hydrogen-bond acceptors (Lipinski definition) is 3. The number of quaternary nitrogens is 2. The SMILES string of the molecule is CCCCCCCCCCCCCCOC(CC[N+](C)(C)CCO)OCCCCCCCCCCCCCC.CCC[NH3+].[Br-].[Br-]. The van der Waals surface area contributed by atoms with Gasteiger partial charge in [-0.25, -0.2) is 0 Å². The minimum absolute atomic E-state index is 0. The molecular formula is C38H84Br2N2O3. The van der Waals surface area contributed by atoms with E-state index in [9.17, 15) is 5.11 Å². The third-order valence-corrected chi connectivity index (χ3v) is 8.63. The highest BCUT2D eigenvalue weighted by Gasteiger charge is 2.19. The molecule has 0 aromatic rings. The van der Waals surface area contributed by atoms with Crippen molar-refractivity contribution in [3.8, 4) is 0 Å². The third kappa shape index (κ3) is 46.9. The molecule has 0 bridgehead atoms. The molecule has 0 aliphatic rings. The summed E-state index contributed by atoms with van der Waals surface area (Å²) in [5, 5.41) is 9.36. The molecule has 0 aliphatic carbocycles. The average molecular weight is 777 g/mol. The molecule has 0 heterocycles. The van der Waals surface area contributed by atoms with Gasteiger partial charge in [0.1, 0.15) is 6.54 Å². The number of nitrogens with zero attached hydrogens (tertiary/aromatic N) is 1. The second-order valence-electron chi connectivity index (χ2n) is 13.7. The Labute approximate surface area is 305 Å². The van der Waals surface area contributed by atoms with Crippen molar-refractivity contribution < 1.29 is 58.8 Å². The van der Waals surface area contributed by atoms with Gasteiger partial charge >= 0.3 is 0 Å². The van der Waals surface area contributed by atoms with Crippen LogP contribution >= 0.6 is 0 Å². The van der Waals surface area contributed by atoms with E-state index in [-0.39, 0.29) is 46.9 Å². The fourth-order valence-corrected chi connectivity index (χ4v) is 5.37. The van der Waals surface area contributed by atoms with Crippen molar-refractivity contribution in [3.63, 3.8) is 0 Å². The maximum absolute atomic E-state index is 9.36. The van der Waals surface area contributed by atoms with Gasteiger partial charge in [-0.2, -0.15) is 0 Å². The number of unbranched alkanes of at least 4 members (excludes halogenated alkanes) is 22. The van der Waals surface area contributed by atoms with E-state index in [2.05, 4.69) is 40.6 Å². The molecule has 7 heteroatoms. The van der Waals surface area contributed by atoms with Crippen LogP contribution in [-0.2, 0) is 9.47 Å². The van der Waals surface area contributed by atoms with Crippen molar-refractivity contribution in [2.24, 2.45) is 0 Å². The van der Waals surface area contributed by atoms with Crippen molar-refractivity contribution in [2.45, 2.75) is 194 Å². The monoisotopic (exact) mass is 774 g/mol. The fourth-order valence-electron chi connectivity index (χ4n) is 5.37. The van der Waals surface area contributed by atoms with Crippen LogP contribution < -0.4 is 39.7 Å². The molecule has 0 saturated heterocycles. The highest BCUT2D eigenvalue weighted by Crippen LogP contribution is 2.15. The zero-order valence-electron chi connectivity index (χ0n) is 31.4. The molecule has 0 unspecified atom stereocenters. The van der Waals surface area contributed by atoms with Crippen molar-refractivity contribution >= 4 is 0 Å². The van der Waals surface area contributed by atoms with E-state index in [1.807, 2.05) is 0 Å². The van der Waals surface area contributed by atoms with Crippen LogP contribution in [0.5, 0.6) is 0 Å². The van der Waals surface area contributed by atoms with Crippen molar-refractivity contribution in [3.05, 3.63) is 0 Å². The Balaban J connectivity index is -0.00000131. The summed E-state index contributed by atoms with van der Waals surface area (Å²) in [5.74, 6) is 0. The highest BCUT2D eigenvalue weighted by atomic mass is 79.9. The normalized spacial score (nSPS) is 11.2. The van der Waals surface area contributed by atoms with Gasteiger partial charge in [0.15, 0.2) is 6.29 Å². The number of hydrogen-bond donors (Lipinski definition) is 2. The van der Waals surface area contributed by atoms with Gasteiger partial charge in [0.25, 0.3) is 0 Å². The minimum Gasteiger partial charge on any atom is -1.00 e. The Morgan fingerprint density at radius 3 is 1.04 bits per heavy atom. The molecular weight excluding hydrogens is 692 g/mol. The zero-order chi connectivity index (χ0) is 32.1. The number of likely N-dealkylation sites (N-methyl/N-ethyl adjacent to an activating group) is 1. The molecule has 0 rings (SSSR count). The Morgan fingerprint density at radius 2 is 0.778 bits per heavy atom. The van der Waals surface area contributed by atoms with E-state index in [0.717, 1.165) is 56.6 Å². The van der Waals surface area contributed by atoms with Crippen LogP contribution in [0.2, 0.25) is 0 Å². The summed E-state index contributed by atoms with van der Waals surface area (Å²) < 4.78 is 13.3. The van der Waals surface area contributed by atoms with Crippen LogP contribution in [0, 0.1) is 0 Å². The molecule has 0 aromatic carbocycles. The van der Waals surface area contributed by atoms with Gasteiger partial charge in [-0.3, -0.25) is 0 Å². The standard InChI is InChI=1S/C35H74NO3.C3H9N.2BrH/c1-5-7-9-11-13-15-17-19-21-23-25-27-33-38-35(29-30-36(3,4)31-32-37)39-34-28-26-24-22-20-18-16-14-12-10-8-6-2;1-2-3-4;;/h35,37H,5-34H2,1-4H3;2-4H2,1H3;2*1H/q+1;;;/p-1. The molecule has 0 spiro atoms. The molecule has 0 amide bonds. The van der Waals surface area contributed by atoms with Gasteiger partial charge in [-0.15, -0.1) is 0 Å². The van der Waals surface area contributed by atoms with Gasteiger partial charge in [-0.05, 0) is 19.3 Å². The molecule has 4 N–H and O–H groups in total. The summed E-state index contributed by atoms with van der Waals surface area (Å²) in [7, 11) is 4.37. The quantitative estimate of drug-likeness (QED) is 0.0594. The molecule has 0 atom stereocenters. The first-order valence-corrected chi connectivity index (χ1v) is 19.4. The van der Waals surface area contributed by atoms with E-state index in [0.29, 0.717) is 0 Å². The lowest BCUT2D eigenvalue weighted by Crippen LogP contribution is -3.00. The molecule has 0 radical (unpaired) electrons. The Bertz CT molecular complexity index is 470. The molecule has 278 valence electrons. The highest BCUT2D eigenvalue weighted by molar-refractivity contribution is 4.52. The van der Waals surface area contributed by atoms with E-state index < -0.39 is 0 Å². The summed E-state index contributed by atoms with van der Waals surface area (Å²) in [5.41, 5.74) is 3.60. The molecule has 0 saturated carbocycles. The maximum Gasteiger partial charge on any atom is 0.162 e. The van der Waals surface area contributed by atoms with E-state index in [4.69, 9.17) is 9.47 Å². The second kappa shape index (κ2) is 44.8. The molecule has 0 aliphatic heterocycles. The summed E-state index contributed by atoms with van der Waals surface area (Å²) in [6.45, 7) is 11.4. The molecule has 5 nitrogen and oxygen atoms in total. The first kappa shape index (κ1) is 52.6. The number of aliphatic hydroxyl groups is 1. The Kier molecular flexibility index (Phi) is 52.3. The van der Waals surface area contributed by atoms with E-state index in [1.165, 1.54) is 148 Å². The Morgan fingerprint density at radius 1 is 0.489 bits per heavy atom. The summed E-state index contributed by atoms with van der Waals surface area (Å²) in [6, 6.07) is 0. The molecule has 45 heavy (non-hydrogen) atoms. The van der Waals surface area contributed by atoms with Crippen LogP contribution in [0.3, 0.4) is 0 Å². The molecule has 0 aromatic heterocycles. The summed E-state index contributed by atoms with van der Waals surface area (Å²) >= 11 is 0. The number of halogens is 2. The van der Waals surface area contributed by atoms with Crippen molar-refractivity contribution in [1.82, 2.24) is 0 Å². The number of aliphatic hydroxyl groups excluding tert-OH is 1. The number of ether oxygens (including phenoxy) is 2. The van der Waals surface area contributed by atoms with E-state index in [1.54, 1.807) is 0 Å². The molecule has 0 fully saturated rings. The predicted molar refractivity (Wildman–Crippen MR) is 189 cm³/mol. The third-order valence-electron chi connectivity index (χ3n) is 8.63. The van der Waals surface area contributed by atoms with Crippen LogP contribution in [0.1, 0.15) is 188 Å². The van der Waals surface area contributed by atoms with Crippen molar-refractivity contribution in [1.29, 1.82) is 0 Å². The Hall–Kier alpha value is 0.760. The average Bonchev–Trinajstić information content (AvgIpc) is 3.00. The van der Waals surface area contributed by atoms with Crippen LogP contribution in [0.4, 0.5) is 0 Å². The second-order valence-corrected chi connectivity index (χ2v) is 13.7. The summed E-state index contributed by atoms with van der Waals surface area (Å²) in [4.78, 5) is 0. The van der Waals surface area contributed by atoms with Crippen LogP contribution in [0.25, 0.3) is 0 Å². The predicted octanol–water partition coefficient (Wildman–Crippen LogP) is 3.85. The summed E-state index contributed by atoms with van der Waals surface area (Å²) in [6.07, 6.45) is 34.9. The number of rotatable bonds is 34. The van der Waals surface area contributed by atoms with Gasteiger partial charge in [0, 0.05) is 19.6 Å². The smallest absolute Gasteiger partial charge is 0.162 e. The topological polar surface area (TPSA) is 66.3 Å². The van der Waals surface area contributed by atoms with Gasteiger partial charge in [0.05, 0.1) is 33.8 Å². The lowest BCUT2D eigenvalue weighted by atomic mass is 10.1. The lowest BCUT2D eigenvalue weighted by Gasteiger charge is -2.30. The van der Waals surface area contributed by atoms with Crippen LogP contribution in [0.15, 0.2) is 0 Å².